The Balaban J connectivity index is 2.14. The number of aliphatic hydroxyl groups is 1. The fourth-order valence-corrected chi connectivity index (χ4v) is 3.58. The summed E-state index contributed by atoms with van der Waals surface area (Å²) in [5, 5.41) is 13.1. The second-order valence-corrected chi connectivity index (χ2v) is 6.54. The number of methoxy groups -OCH3 is 1. The Hall–Kier alpha value is -2.67. The molecule has 1 fully saturated rings. The molecular weight excluding hydrogens is 338 g/mol. The number of nitrogens with one attached hydrogen (secondary N) is 1. The number of fused-ring (bicyclic) bond motifs is 2. The fourth-order valence-electron chi connectivity index (χ4n) is 3.58. The van der Waals surface area contributed by atoms with E-state index in [0.29, 0.717) is 42.9 Å². The Morgan fingerprint density at radius 1 is 1.31 bits per heavy atom. The summed E-state index contributed by atoms with van der Waals surface area (Å²) in [5.74, 6) is -1.23. The summed E-state index contributed by atoms with van der Waals surface area (Å²) in [6.45, 7) is 1.89. The lowest BCUT2D eigenvalue weighted by Gasteiger charge is -2.40. The van der Waals surface area contributed by atoms with Gasteiger partial charge in [0.2, 0.25) is 0 Å². The third kappa shape index (κ3) is 2.88. The van der Waals surface area contributed by atoms with Crippen molar-refractivity contribution in [3.63, 3.8) is 0 Å². The van der Waals surface area contributed by atoms with Gasteiger partial charge in [0, 0.05) is 18.8 Å². The van der Waals surface area contributed by atoms with Crippen molar-refractivity contribution in [2.45, 2.75) is 25.2 Å². The minimum absolute atomic E-state index is 0.200. The molecule has 0 unspecified atom stereocenters. The predicted molar refractivity (Wildman–Crippen MR) is 93.0 cm³/mol. The number of ketones is 2. The summed E-state index contributed by atoms with van der Waals surface area (Å²) in [7, 11) is 1.53. The highest BCUT2D eigenvalue weighted by Gasteiger charge is 2.50. The van der Waals surface area contributed by atoms with Crippen LogP contribution in [0.2, 0.25) is 0 Å². The molecule has 1 aromatic rings. The SMILES string of the molecule is COc1ccc2c(c1)C1(CCOCC1)C(=O)C(C(=O)NCC(C)=O)=C2O. The molecule has 138 valence electrons. The van der Waals surface area contributed by atoms with E-state index in [2.05, 4.69) is 5.32 Å². The van der Waals surface area contributed by atoms with Crippen molar-refractivity contribution in [2.75, 3.05) is 26.9 Å². The average Bonchev–Trinajstić information content (AvgIpc) is 2.65. The van der Waals surface area contributed by atoms with Gasteiger partial charge in [0.1, 0.15) is 22.9 Å². The molecule has 0 atom stereocenters. The first kappa shape index (κ1) is 18.1. The van der Waals surface area contributed by atoms with Crippen molar-refractivity contribution in [2.24, 2.45) is 0 Å². The van der Waals surface area contributed by atoms with Crippen molar-refractivity contribution in [3.05, 3.63) is 34.9 Å². The molecule has 7 heteroatoms. The molecule has 2 aliphatic rings. The maximum atomic E-state index is 13.3. The summed E-state index contributed by atoms with van der Waals surface area (Å²) in [6, 6.07) is 5.05. The molecule has 0 radical (unpaired) electrons. The fraction of sp³-hybridized carbons (Fsp3) is 0.421. The van der Waals surface area contributed by atoms with Crippen LogP contribution >= 0.6 is 0 Å². The van der Waals surface area contributed by atoms with Gasteiger partial charge in [-0.15, -0.1) is 0 Å². The van der Waals surface area contributed by atoms with E-state index in [-0.39, 0.29) is 23.7 Å². The normalized spacial score (nSPS) is 18.5. The van der Waals surface area contributed by atoms with E-state index in [1.54, 1.807) is 18.2 Å². The molecule has 1 aromatic carbocycles. The Labute approximate surface area is 151 Å². The second-order valence-electron chi connectivity index (χ2n) is 6.54. The van der Waals surface area contributed by atoms with Crippen molar-refractivity contribution in [1.29, 1.82) is 0 Å². The van der Waals surface area contributed by atoms with E-state index in [0.717, 1.165) is 0 Å². The van der Waals surface area contributed by atoms with Crippen LogP contribution in [0.5, 0.6) is 5.75 Å². The monoisotopic (exact) mass is 359 g/mol. The van der Waals surface area contributed by atoms with Crippen LogP contribution in [0.15, 0.2) is 23.8 Å². The largest absolute Gasteiger partial charge is 0.506 e. The first-order valence-corrected chi connectivity index (χ1v) is 8.43. The highest BCUT2D eigenvalue weighted by Crippen LogP contribution is 2.46. The van der Waals surface area contributed by atoms with Crippen LogP contribution < -0.4 is 10.1 Å². The van der Waals surface area contributed by atoms with Gasteiger partial charge in [0.05, 0.1) is 19.1 Å². The van der Waals surface area contributed by atoms with Gasteiger partial charge in [-0.25, -0.2) is 0 Å². The molecule has 7 nitrogen and oxygen atoms in total. The number of hydrogen-bond acceptors (Lipinski definition) is 6. The van der Waals surface area contributed by atoms with E-state index >= 15 is 0 Å². The van der Waals surface area contributed by atoms with Crippen LogP contribution in [0.1, 0.15) is 30.9 Å². The number of rotatable bonds is 4. The molecule has 26 heavy (non-hydrogen) atoms. The first-order valence-electron chi connectivity index (χ1n) is 8.43. The van der Waals surface area contributed by atoms with Gasteiger partial charge in [-0.05, 0) is 43.5 Å². The van der Waals surface area contributed by atoms with Gasteiger partial charge in [-0.1, -0.05) is 0 Å². The number of Topliss-reactive ketones (excluding diaryl/α,β-unsaturated/α-hetero) is 2. The topological polar surface area (TPSA) is 102 Å². The Morgan fingerprint density at radius 2 is 2.00 bits per heavy atom. The molecule has 1 aliphatic heterocycles. The quantitative estimate of drug-likeness (QED) is 0.786. The van der Waals surface area contributed by atoms with Crippen LogP contribution in [-0.4, -0.2) is 49.4 Å². The Bertz CT molecular complexity index is 804. The van der Waals surface area contributed by atoms with Gasteiger partial charge in [0.25, 0.3) is 5.91 Å². The summed E-state index contributed by atoms with van der Waals surface area (Å²) < 4.78 is 10.7. The molecule has 1 heterocycles. The maximum absolute atomic E-state index is 13.3. The summed E-state index contributed by atoms with van der Waals surface area (Å²) in [5.41, 5.74) is -0.172. The molecule has 2 N–H and O–H groups in total. The van der Waals surface area contributed by atoms with Gasteiger partial charge in [-0.3, -0.25) is 14.4 Å². The van der Waals surface area contributed by atoms with Gasteiger partial charge in [-0.2, -0.15) is 0 Å². The Kier molecular flexibility index (Phi) is 4.82. The molecule has 0 aromatic heterocycles. The zero-order valence-electron chi connectivity index (χ0n) is 14.8. The smallest absolute Gasteiger partial charge is 0.259 e. The molecule has 3 rings (SSSR count). The molecule has 1 aliphatic carbocycles. The van der Waals surface area contributed by atoms with Crippen LogP contribution in [-0.2, 0) is 24.5 Å². The standard InChI is InChI=1S/C19H21NO6/c1-11(21)10-20-18(24)15-16(22)13-4-3-12(25-2)9-14(13)19(17(15)23)5-7-26-8-6-19/h3-4,9,22H,5-8,10H2,1-2H3,(H,20,24). The van der Waals surface area contributed by atoms with E-state index < -0.39 is 17.1 Å². The summed E-state index contributed by atoms with van der Waals surface area (Å²) in [6.07, 6.45) is 0.811. The summed E-state index contributed by atoms with van der Waals surface area (Å²) >= 11 is 0. The van der Waals surface area contributed by atoms with Crippen molar-refractivity contribution in [1.82, 2.24) is 5.32 Å². The van der Waals surface area contributed by atoms with Crippen molar-refractivity contribution in [3.8, 4) is 5.75 Å². The number of carbonyl (C=O) groups is 3. The van der Waals surface area contributed by atoms with Crippen molar-refractivity contribution < 1.29 is 29.0 Å². The van der Waals surface area contributed by atoms with Gasteiger partial charge < -0.3 is 19.9 Å². The minimum atomic E-state index is -0.947. The van der Waals surface area contributed by atoms with Gasteiger partial charge >= 0.3 is 0 Å². The molecule has 1 amide bonds. The van der Waals surface area contributed by atoms with E-state index in [9.17, 15) is 19.5 Å². The molecule has 1 saturated heterocycles. The van der Waals surface area contributed by atoms with Crippen LogP contribution in [0.4, 0.5) is 0 Å². The Morgan fingerprint density at radius 3 is 2.62 bits per heavy atom. The maximum Gasteiger partial charge on any atom is 0.259 e. The zero-order chi connectivity index (χ0) is 18.9. The second kappa shape index (κ2) is 6.92. The third-order valence-corrected chi connectivity index (χ3v) is 4.97. The highest BCUT2D eigenvalue weighted by molar-refractivity contribution is 6.28. The lowest BCUT2D eigenvalue weighted by molar-refractivity contribution is -0.129. The van der Waals surface area contributed by atoms with E-state index in [1.807, 2.05) is 0 Å². The lowest BCUT2D eigenvalue weighted by Crippen LogP contribution is -2.48. The van der Waals surface area contributed by atoms with Gasteiger partial charge in [0.15, 0.2) is 5.78 Å². The molecule has 0 bridgehead atoms. The minimum Gasteiger partial charge on any atom is -0.506 e. The number of hydrogen-bond donors (Lipinski definition) is 2. The lowest BCUT2D eigenvalue weighted by atomic mass is 9.64. The number of aliphatic hydroxyl groups excluding tert-OH is 1. The van der Waals surface area contributed by atoms with Crippen LogP contribution in [0, 0.1) is 0 Å². The molecule has 1 spiro atoms. The van der Waals surface area contributed by atoms with E-state index in [4.69, 9.17) is 9.47 Å². The van der Waals surface area contributed by atoms with Crippen molar-refractivity contribution >= 4 is 23.2 Å². The number of carbonyl (C=O) groups excluding carboxylic acids is 3. The average molecular weight is 359 g/mol. The van der Waals surface area contributed by atoms with E-state index in [1.165, 1.54) is 14.0 Å². The van der Waals surface area contributed by atoms with Crippen LogP contribution in [0.25, 0.3) is 5.76 Å². The number of amides is 1. The summed E-state index contributed by atoms with van der Waals surface area (Å²) in [4.78, 5) is 37.0. The highest BCUT2D eigenvalue weighted by atomic mass is 16.5. The zero-order valence-corrected chi connectivity index (χ0v) is 14.8. The number of benzene rings is 1. The molecule has 0 saturated carbocycles. The predicted octanol–water partition coefficient (Wildman–Crippen LogP) is 1.30. The number of ether oxygens (including phenoxy) is 2. The first-order chi connectivity index (χ1) is 12.4. The third-order valence-electron chi connectivity index (χ3n) is 4.97. The van der Waals surface area contributed by atoms with Crippen LogP contribution in [0.3, 0.4) is 0 Å². The molecular formula is C19H21NO6.